The molecule has 1 unspecified atom stereocenters. The van der Waals surface area contributed by atoms with Crippen molar-refractivity contribution < 1.29 is 14.3 Å². The van der Waals surface area contributed by atoms with Crippen molar-refractivity contribution in [3.63, 3.8) is 0 Å². The van der Waals surface area contributed by atoms with Gasteiger partial charge in [-0.05, 0) is 37.0 Å². The van der Waals surface area contributed by atoms with Gasteiger partial charge in [-0.25, -0.2) is 0 Å². The van der Waals surface area contributed by atoms with Crippen LogP contribution in [0.1, 0.15) is 59.3 Å². The summed E-state index contributed by atoms with van der Waals surface area (Å²) in [4.78, 5) is 23.4. The molecule has 4 atom stereocenters. The number of ether oxygens (including phenoxy) is 1. The Morgan fingerprint density at radius 1 is 1.26 bits per heavy atom. The highest BCUT2D eigenvalue weighted by Gasteiger charge is 2.36. The number of hydrogen-bond acceptors (Lipinski definition) is 3. The Labute approximate surface area is 116 Å². The number of hydrogen-bond donors (Lipinski definition) is 0. The Kier molecular flexibility index (Phi) is 4.64. The summed E-state index contributed by atoms with van der Waals surface area (Å²) in [6.45, 7) is 6.65. The lowest BCUT2D eigenvalue weighted by molar-refractivity contribution is -0.161. The predicted octanol–water partition coefficient (Wildman–Crippen LogP) is 3.36. The molecule has 0 spiro atoms. The Balaban J connectivity index is 1.94. The predicted molar refractivity (Wildman–Crippen MR) is 73.6 cm³/mol. The first-order valence-corrected chi connectivity index (χ1v) is 7.69. The minimum absolute atomic E-state index is 0.0620. The van der Waals surface area contributed by atoms with Crippen LogP contribution < -0.4 is 0 Å². The van der Waals surface area contributed by atoms with Crippen molar-refractivity contribution in [1.82, 2.24) is 0 Å². The van der Waals surface area contributed by atoms with Crippen LogP contribution in [0.5, 0.6) is 0 Å². The minimum Gasteiger partial charge on any atom is -0.462 e. The second-order valence-corrected chi connectivity index (χ2v) is 6.78. The van der Waals surface area contributed by atoms with Crippen LogP contribution in [0.2, 0.25) is 0 Å². The molecule has 3 heteroatoms. The maximum atomic E-state index is 12.2. The number of rotatable bonds is 3. The molecule has 108 valence electrons. The van der Waals surface area contributed by atoms with Gasteiger partial charge in [0.2, 0.25) is 0 Å². The number of Topliss-reactive ketones (excluding diaryl/α,β-unsaturated/α-hetero) is 1. The van der Waals surface area contributed by atoms with E-state index < -0.39 is 0 Å². The van der Waals surface area contributed by atoms with Gasteiger partial charge in [-0.2, -0.15) is 0 Å². The monoisotopic (exact) mass is 266 g/mol. The maximum Gasteiger partial charge on any atom is 0.309 e. The van der Waals surface area contributed by atoms with E-state index in [1.165, 1.54) is 6.42 Å². The fourth-order valence-electron chi connectivity index (χ4n) is 3.51. The zero-order valence-electron chi connectivity index (χ0n) is 12.4. The van der Waals surface area contributed by atoms with Crippen LogP contribution in [-0.4, -0.2) is 17.9 Å². The molecule has 0 aromatic heterocycles. The highest BCUT2D eigenvalue weighted by atomic mass is 16.5. The molecule has 0 radical (unpaired) electrons. The molecular weight excluding hydrogens is 240 g/mol. The third kappa shape index (κ3) is 3.58. The molecule has 2 fully saturated rings. The van der Waals surface area contributed by atoms with Gasteiger partial charge in [0, 0.05) is 12.8 Å². The lowest BCUT2D eigenvalue weighted by Gasteiger charge is -2.37. The van der Waals surface area contributed by atoms with E-state index in [1.54, 1.807) is 0 Å². The minimum atomic E-state index is -0.169. The molecule has 2 rings (SSSR count). The summed E-state index contributed by atoms with van der Waals surface area (Å²) >= 11 is 0. The summed E-state index contributed by atoms with van der Waals surface area (Å²) in [5, 5.41) is 0. The first-order valence-electron chi connectivity index (χ1n) is 7.69. The lowest BCUT2D eigenvalue weighted by atomic mass is 9.75. The van der Waals surface area contributed by atoms with Crippen LogP contribution in [0.4, 0.5) is 0 Å². The maximum absolute atomic E-state index is 12.2. The van der Waals surface area contributed by atoms with E-state index >= 15 is 0 Å². The molecule has 3 nitrogen and oxygen atoms in total. The SMILES string of the molecule is CC(C)[C@@H]1CC[C@@H](C)C[C@H]1OC(=O)C1CCC(=O)C1. The number of carbonyl (C=O) groups excluding carboxylic acids is 2. The van der Waals surface area contributed by atoms with E-state index in [4.69, 9.17) is 4.74 Å². The quantitative estimate of drug-likeness (QED) is 0.736. The molecule has 2 aliphatic rings. The van der Waals surface area contributed by atoms with Gasteiger partial charge in [0.05, 0.1) is 5.92 Å². The molecule has 2 aliphatic carbocycles. The second-order valence-electron chi connectivity index (χ2n) is 6.78. The van der Waals surface area contributed by atoms with Gasteiger partial charge in [-0.3, -0.25) is 9.59 Å². The second kappa shape index (κ2) is 6.06. The zero-order valence-corrected chi connectivity index (χ0v) is 12.4. The van der Waals surface area contributed by atoms with Crippen LogP contribution in [0.3, 0.4) is 0 Å². The van der Waals surface area contributed by atoms with Crippen molar-refractivity contribution in [1.29, 1.82) is 0 Å². The van der Waals surface area contributed by atoms with Crippen LogP contribution in [0, 0.1) is 23.7 Å². The molecule has 0 bridgehead atoms. The van der Waals surface area contributed by atoms with Gasteiger partial charge in [0.15, 0.2) is 0 Å². The van der Waals surface area contributed by atoms with Crippen LogP contribution >= 0.6 is 0 Å². The number of esters is 1. The van der Waals surface area contributed by atoms with Crippen molar-refractivity contribution in [3.05, 3.63) is 0 Å². The Hall–Kier alpha value is -0.860. The summed E-state index contributed by atoms with van der Waals surface area (Å²) in [6.07, 6.45) is 5.06. The summed E-state index contributed by atoms with van der Waals surface area (Å²) in [6, 6.07) is 0. The van der Waals surface area contributed by atoms with E-state index in [1.807, 2.05) is 0 Å². The topological polar surface area (TPSA) is 43.4 Å². The third-order valence-electron chi connectivity index (χ3n) is 4.81. The highest BCUT2D eigenvalue weighted by molar-refractivity contribution is 5.87. The first kappa shape index (κ1) is 14.5. The van der Waals surface area contributed by atoms with Crippen molar-refractivity contribution >= 4 is 11.8 Å². The number of ketones is 1. The normalized spacial score (nSPS) is 35.7. The van der Waals surface area contributed by atoms with Crippen molar-refractivity contribution in [3.8, 4) is 0 Å². The largest absolute Gasteiger partial charge is 0.462 e. The van der Waals surface area contributed by atoms with Crippen LogP contribution in [0.25, 0.3) is 0 Å². The molecule has 0 saturated heterocycles. The van der Waals surface area contributed by atoms with Crippen molar-refractivity contribution in [2.45, 2.75) is 65.4 Å². The summed E-state index contributed by atoms with van der Waals surface area (Å²) < 4.78 is 5.78. The van der Waals surface area contributed by atoms with E-state index in [-0.39, 0.29) is 23.8 Å². The van der Waals surface area contributed by atoms with E-state index in [2.05, 4.69) is 20.8 Å². The van der Waals surface area contributed by atoms with Gasteiger partial charge >= 0.3 is 5.97 Å². The molecule has 0 aromatic rings. The zero-order chi connectivity index (χ0) is 14.0. The molecular formula is C16H26O3. The van der Waals surface area contributed by atoms with Crippen molar-refractivity contribution in [2.75, 3.05) is 0 Å². The van der Waals surface area contributed by atoms with Gasteiger partial charge in [0.1, 0.15) is 11.9 Å². The van der Waals surface area contributed by atoms with E-state index in [9.17, 15) is 9.59 Å². The molecule has 2 saturated carbocycles. The summed E-state index contributed by atoms with van der Waals surface area (Å²) in [5.74, 6) is 1.58. The molecule has 0 aromatic carbocycles. The van der Waals surface area contributed by atoms with E-state index in [0.717, 1.165) is 12.8 Å². The van der Waals surface area contributed by atoms with Gasteiger partial charge < -0.3 is 4.74 Å². The highest BCUT2D eigenvalue weighted by Crippen LogP contribution is 2.36. The summed E-state index contributed by atoms with van der Waals surface area (Å²) in [5.41, 5.74) is 0. The Morgan fingerprint density at radius 2 is 2.00 bits per heavy atom. The van der Waals surface area contributed by atoms with Crippen LogP contribution in [-0.2, 0) is 14.3 Å². The lowest BCUT2D eigenvalue weighted by Crippen LogP contribution is -2.37. The smallest absolute Gasteiger partial charge is 0.309 e. The third-order valence-corrected chi connectivity index (χ3v) is 4.81. The van der Waals surface area contributed by atoms with E-state index in [0.29, 0.717) is 37.0 Å². The van der Waals surface area contributed by atoms with Gasteiger partial charge in [-0.1, -0.05) is 27.2 Å². The molecule has 0 amide bonds. The molecule has 19 heavy (non-hydrogen) atoms. The number of carbonyl (C=O) groups is 2. The van der Waals surface area contributed by atoms with Crippen LogP contribution in [0.15, 0.2) is 0 Å². The average Bonchev–Trinajstić information content (AvgIpc) is 2.75. The summed E-state index contributed by atoms with van der Waals surface area (Å²) in [7, 11) is 0. The van der Waals surface area contributed by atoms with Crippen molar-refractivity contribution in [2.24, 2.45) is 23.7 Å². The molecule has 0 aliphatic heterocycles. The standard InChI is InChI=1S/C16H26O3/c1-10(2)14-7-4-11(3)8-15(14)19-16(18)12-5-6-13(17)9-12/h10-12,14-15H,4-9H2,1-3H3/t11-,12?,14+,15-/m1/s1. The Bertz CT molecular complexity index is 348. The first-order chi connectivity index (χ1) is 8.97. The Morgan fingerprint density at radius 3 is 2.58 bits per heavy atom. The molecule has 0 N–H and O–H groups in total. The fourth-order valence-corrected chi connectivity index (χ4v) is 3.51. The molecule has 0 heterocycles. The fraction of sp³-hybridized carbons (Fsp3) is 0.875. The average molecular weight is 266 g/mol. The van der Waals surface area contributed by atoms with Gasteiger partial charge in [0.25, 0.3) is 0 Å². The van der Waals surface area contributed by atoms with Gasteiger partial charge in [-0.15, -0.1) is 0 Å².